The van der Waals surface area contributed by atoms with Crippen LogP contribution in [-0.2, 0) is 15.4 Å². The summed E-state index contributed by atoms with van der Waals surface area (Å²) in [6, 6.07) is 15.9. The first-order chi connectivity index (χ1) is 18.4. The van der Waals surface area contributed by atoms with Gasteiger partial charge in [0, 0.05) is 50.8 Å². The molecule has 0 saturated carbocycles. The van der Waals surface area contributed by atoms with E-state index >= 15 is 13.2 Å². The van der Waals surface area contributed by atoms with E-state index in [4.69, 9.17) is 4.74 Å². The molecule has 39 heavy (non-hydrogen) atoms. The molecule has 0 spiro atoms. The molecule has 0 radical (unpaired) electrons. The summed E-state index contributed by atoms with van der Waals surface area (Å²) in [5.41, 5.74) is -3.11. The molecule has 0 aliphatic carbocycles. The number of nitrogens with one attached hydrogen (secondary N) is 1. The van der Waals surface area contributed by atoms with Crippen LogP contribution in [0.15, 0.2) is 84.0 Å². The molecule has 5 rings (SSSR count). The van der Waals surface area contributed by atoms with Gasteiger partial charge in [0.1, 0.15) is 5.75 Å². The summed E-state index contributed by atoms with van der Waals surface area (Å²) in [4.78, 5) is 13.5. The number of aromatic amines is 1. The van der Waals surface area contributed by atoms with Crippen LogP contribution in [0.3, 0.4) is 0 Å². The lowest BCUT2D eigenvalue weighted by Crippen LogP contribution is -2.48. The predicted molar refractivity (Wildman–Crippen MR) is 139 cm³/mol. The van der Waals surface area contributed by atoms with E-state index < -0.39 is 44.2 Å². The molecule has 5 aromatic rings. The first kappa shape index (κ1) is 26.3. The van der Waals surface area contributed by atoms with Gasteiger partial charge in [0.2, 0.25) is 6.54 Å². The number of halogens is 3. The van der Waals surface area contributed by atoms with Crippen molar-refractivity contribution >= 4 is 31.8 Å². The maximum Gasteiger partial charge on any atom is 0.408 e. The van der Waals surface area contributed by atoms with E-state index in [0.29, 0.717) is 5.75 Å². The third-order valence-electron chi connectivity index (χ3n) is 6.91. The number of aromatic nitrogens is 2. The van der Waals surface area contributed by atoms with Crippen LogP contribution in [0.4, 0.5) is 13.2 Å². The van der Waals surface area contributed by atoms with Crippen LogP contribution in [0, 0.1) is 17.0 Å². The minimum atomic E-state index is -5.20. The van der Waals surface area contributed by atoms with Crippen molar-refractivity contribution < 1.29 is 31.2 Å². The fraction of sp³-hybridized carbons (Fsp3) is 0.185. The monoisotopic (exact) mass is 557 g/mol. The van der Waals surface area contributed by atoms with E-state index in [9.17, 15) is 18.5 Å². The average Bonchev–Trinajstić information content (AvgIpc) is 3.49. The molecule has 1 N–H and O–H groups in total. The lowest BCUT2D eigenvalue weighted by molar-refractivity contribution is -0.498. The number of fused-ring (bicyclic) bond motifs is 2. The van der Waals surface area contributed by atoms with E-state index in [1.807, 2.05) is 0 Å². The van der Waals surface area contributed by atoms with E-state index in [-0.39, 0.29) is 26.7 Å². The topological polar surface area (TPSA) is 107 Å². The van der Waals surface area contributed by atoms with Gasteiger partial charge in [-0.25, -0.2) is 12.4 Å². The Labute approximate surface area is 220 Å². The number of aryl methyl sites for hydroxylation is 1. The summed E-state index contributed by atoms with van der Waals surface area (Å²) in [6.07, 6.45) is -3.25. The van der Waals surface area contributed by atoms with Crippen molar-refractivity contribution in [1.29, 1.82) is 0 Å². The predicted octanol–water partition coefficient (Wildman–Crippen LogP) is 5.80. The number of nitro groups is 1. The highest BCUT2D eigenvalue weighted by Gasteiger charge is 2.63. The summed E-state index contributed by atoms with van der Waals surface area (Å²) in [7, 11) is -2.96. The molecule has 0 bridgehead atoms. The summed E-state index contributed by atoms with van der Waals surface area (Å²) in [6.45, 7) is 0.208. The Morgan fingerprint density at radius 2 is 1.69 bits per heavy atom. The molecule has 202 valence electrons. The summed E-state index contributed by atoms with van der Waals surface area (Å²) < 4.78 is 79.3. The van der Waals surface area contributed by atoms with Crippen LogP contribution in [-0.4, -0.2) is 42.1 Å². The molecule has 1 atom stereocenters. The molecule has 0 aliphatic rings. The van der Waals surface area contributed by atoms with Gasteiger partial charge in [-0.15, -0.1) is 0 Å². The van der Waals surface area contributed by atoms with Gasteiger partial charge in [-0.1, -0.05) is 35.9 Å². The summed E-state index contributed by atoms with van der Waals surface area (Å²) in [5.74, 6) is 0.378. The van der Waals surface area contributed by atoms with Gasteiger partial charge >= 0.3 is 6.18 Å². The van der Waals surface area contributed by atoms with Gasteiger partial charge in [0.05, 0.1) is 17.5 Å². The number of alkyl halides is 3. The van der Waals surface area contributed by atoms with E-state index in [1.165, 1.54) is 61.7 Å². The summed E-state index contributed by atoms with van der Waals surface area (Å²) >= 11 is 0. The highest BCUT2D eigenvalue weighted by atomic mass is 32.2. The van der Waals surface area contributed by atoms with Crippen molar-refractivity contribution in [2.75, 3.05) is 13.7 Å². The Hall–Kier alpha value is -4.32. The highest BCUT2D eigenvalue weighted by Crippen LogP contribution is 2.51. The normalized spacial score (nSPS) is 14.0. The van der Waals surface area contributed by atoms with Gasteiger partial charge in [-0.05, 0) is 37.3 Å². The molecule has 0 amide bonds. The van der Waals surface area contributed by atoms with Crippen LogP contribution in [0.25, 0.3) is 21.8 Å². The van der Waals surface area contributed by atoms with E-state index in [0.717, 1.165) is 21.9 Å². The molecular formula is C27H22F3N3O5S. The average molecular weight is 558 g/mol. The van der Waals surface area contributed by atoms with Crippen LogP contribution in [0.1, 0.15) is 16.7 Å². The Bertz CT molecular complexity index is 1830. The second kappa shape index (κ2) is 9.16. The minimum Gasteiger partial charge on any atom is -0.497 e. The van der Waals surface area contributed by atoms with Crippen molar-refractivity contribution in [3.63, 3.8) is 0 Å². The number of methoxy groups -OCH3 is 1. The Kier molecular flexibility index (Phi) is 6.17. The van der Waals surface area contributed by atoms with Crippen molar-refractivity contribution in [3.05, 3.63) is 106 Å². The Morgan fingerprint density at radius 1 is 1.00 bits per heavy atom. The van der Waals surface area contributed by atoms with Gasteiger partial charge in [-0.2, -0.15) is 13.2 Å². The maximum atomic E-state index is 15.4. The standard InChI is InChI=1S/C27H22F3N3O5S/c1-17-7-10-19(11-8-17)39(36,37)32-15-23(21-5-3-4-6-25(21)32)26(16-33(34)35,27(28,29)30)22-14-31-24-13-18(38-2)9-12-20(22)24/h3-15,31H,16H2,1-2H3/t26-/m1/s1. The van der Waals surface area contributed by atoms with Crippen molar-refractivity contribution in [1.82, 2.24) is 8.96 Å². The smallest absolute Gasteiger partial charge is 0.408 e. The second-order valence-corrected chi connectivity index (χ2v) is 11.0. The number of hydrogen-bond acceptors (Lipinski definition) is 5. The van der Waals surface area contributed by atoms with Crippen molar-refractivity contribution in [2.45, 2.75) is 23.4 Å². The SMILES string of the molecule is COc1ccc2c([C@](C[N+](=O)[O-])(c3cn(S(=O)(=O)c4ccc(C)cc4)c4ccccc34)C(F)(F)F)c[nH]c2c1. The summed E-state index contributed by atoms with van der Waals surface area (Å²) in [5, 5.41) is 11.9. The van der Waals surface area contributed by atoms with Crippen LogP contribution < -0.4 is 4.74 Å². The number of ether oxygens (including phenoxy) is 1. The highest BCUT2D eigenvalue weighted by molar-refractivity contribution is 7.90. The number of benzene rings is 3. The first-order valence-electron chi connectivity index (χ1n) is 11.7. The molecule has 3 aromatic carbocycles. The minimum absolute atomic E-state index is 0.0356. The zero-order valence-corrected chi connectivity index (χ0v) is 21.5. The van der Waals surface area contributed by atoms with Gasteiger partial charge in [0.15, 0.2) is 5.41 Å². The molecule has 0 aliphatic heterocycles. The zero-order valence-electron chi connectivity index (χ0n) is 20.7. The maximum absolute atomic E-state index is 15.4. The molecule has 0 saturated heterocycles. The number of para-hydroxylation sites is 1. The Morgan fingerprint density at radius 3 is 2.33 bits per heavy atom. The van der Waals surface area contributed by atoms with Crippen LogP contribution >= 0.6 is 0 Å². The molecule has 12 heteroatoms. The van der Waals surface area contributed by atoms with Crippen LogP contribution in [0.5, 0.6) is 5.75 Å². The van der Waals surface area contributed by atoms with Gasteiger partial charge in [0.25, 0.3) is 10.0 Å². The molecule has 2 aromatic heterocycles. The number of nitrogens with zero attached hydrogens (tertiary/aromatic N) is 2. The lowest BCUT2D eigenvalue weighted by Gasteiger charge is -2.32. The molecule has 2 heterocycles. The zero-order chi connectivity index (χ0) is 28.2. The number of hydrogen-bond donors (Lipinski definition) is 1. The molecular weight excluding hydrogens is 535 g/mol. The molecule has 0 fully saturated rings. The van der Waals surface area contributed by atoms with Crippen molar-refractivity contribution in [2.24, 2.45) is 0 Å². The molecule has 0 unspecified atom stereocenters. The van der Waals surface area contributed by atoms with E-state index in [2.05, 4.69) is 4.98 Å². The molecule has 8 nitrogen and oxygen atoms in total. The second-order valence-electron chi connectivity index (χ2n) is 9.18. The Balaban J connectivity index is 1.89. The third-order valence-corrected chi connectivity index (χ3v) is 8.60. The first-order valence-corrected chi connectivity index (χ1v) is 13.1. The third kappa shape index (κ3) is 4.11. The van der Waals surface area contributed by atoms with Gasteiger partial charge in [-0.3, -0.25) is 10.1 Å². The number of H-pyrrole nitrogens is 1. The van der Waals surface area contributed by atoms with E-state index in [1.54, 1.807) is 19.1 Å². The quantitative estimate of drug-likeness (QED) is 0.201. The van der Waals surface area contributed by atoms with Crippen molar-refractivity contribution in [3.8, 4) is 5.75 Å². The number of rotatable bonds is 7. The van der Waals surface area contributed by atoms with Gasteiger partial charge < -0.3 is 9.72 Å². The lowest BCUT2D eigenvalue weighted by atomic mass is 9.73. The van der Waals surface area contributed by atoms with Crippen LogP contribution in [0.2, 0.25) is 0 Å². The fourth-order valence-electron chi connectivity index (χ4n) is 5.00. The fourth-order valence-corrected chi connectivity index (χ4v) is 6.37. The largest absolute Gasteiger partial charge is 0.497 e.